The third-order valence-electron chi connectivity index (χ3n) is 2.12. The fourth-order valence-electron chi connectivity index (χ4n) is 0.935. The molecule has 1 N–H and O–H groups in total. The van der Waals surface area contributed by atoms with Crippen LogP contribution in [-0.4, -0.2) is 11.7 Å². The molecule has 0 saturated heterocycles. The van der Waals surface area contributed by atoms with Gasteiger partial charge in [-0.1, -0.05) is 31.6 Å². The highest BCUT2D eigenvalue weighted by Gasteiger charge is 2.17. The maximum atomic E-state index is 8.67. The lowest BCUT2D eigenvalue weighted by molar-refractivity contribution is 0.336. The average Bonchev–Trinajstić information content (AvgIpc) is 1.88. The second-order valence-corrected chi connectivity index (χ2v) is 3.45. The average molecular weight is 154 g/mol. The molecule has 0 radical (unpaired) electrons. The lowest BCUT2D eigenvalue weighted by Crippen LogP contribution is -2.11. The van der Waals surface area contributed by atoms with Crippen molar-refractivity contribution in [2.24, 2.45) is 5.41 Å². The van der Waals surface area contributed by atoms with Crippen LogP contribution in [-0.2, 0) is 0 Å². The van der Waals surface area contributed by atoms with Crippen molar-refractivity contribution in [3.63, 3.8) is 0 Å². The standard InChI is InChI=1S/C10H18O/c1-5-7-10(3,4)9(2)6-8-11/h5-6,11H,1,7-8H2,2-4H3/b9-6-. The number of aliphatic hydroxyl groups excluding tert-OH is 1. The minimum atomic E-state index is 0.131. The van der Waals surface area contributed by atoms with E-state index < -0.39 is 0 Å². The quantitative estimate of drug-likeness (QED) is 0.617. The monoisotopic (exact) mass is 154 g/mol. The van der Waals surface area contributed by atoms with Crippen LogP contribution in [0.5, 0.6) is 0 Å². The molecule has 11 heavy (non-hydrogen) atoms. The molecule has 64 valence electrons. The van der Waals surface area contributed by atoms with E-state index in [1.807, 2.05) is 19.1 Å². The summed E-state index contributed by atoms with van der Waals surface area (Å²) in [5, 5.41) is 8.67. The number of aliphatic hydroxyl groups is 1. The van der Waals surface area contributed by atoms with E-state index in [4.69, 9.17) is 5.11 Å². The van der Waals surface area contributed by atoms with E-state index in [0.717, 1.165) is 6.42 Å². The molecule has 0 saturated carbocycles. The Morgan fingerprint density at radius 1 is 1.55 bits per heavy atom. The molecule has 0 spiro atoms. The second-order valence-electron chi connectivity index (χ2n) is 3.45. The highest BCUT2D eigenvalue weighted by Crippen LogP contribution is 2.29. The minimum Gasteiger partial charge on any atom is -0.392 e. The summed E-state index contributed by atoms with van der Waals surface area (Å²) >= 11 is 0. The van der Waals surface area contributed by atoms with Gasteiger partial charge in [0.25, 0.3) is 0 Å². The predicted octanol–water partition coefficient (Wildman–Crippen LogP) is 2.53. The van der Waals surface area contributed by atoms with Crippen molar-refractivity contribution in [1.29, 1.82) is 0 Å². The maximum absolute atomic E-state index is 8.67. The van der Waals surface area contributed by atoms with Gasteiger partial charge in [0.05, 0.1) is 6.61 Å². The Labute approximate surface area is 69.4 Å². The molecule has 0 rings (SSSR count). The zero-order chi connectivity index (χ0) is 8.91. The molecular formula is C10H18O. The highest BCUT2D eigenvalue weighted by atomic mass is 16.2. The summed E-state index contributed by atoms with van der Waals surface area (Å²) in [6.45, 7) is 10.2. The topological polar surface area (TPSA) is 20.2 Å². The van der Waals surface area contributed by atoms with Gasteiger partial charge in [-0.25, -0.2) is 0 Å². The van der Waals surface area contributed by atoms with Crippen molar-refractivity contribution in [3.05, 3.63) is 24.3 Å². The molecule has 0 amide bonds. The van der Waals surface area contributed by atoms with Gasteiger partial charge in [0.1, 0.15) is 0 Å². The van der Waals surface area contributed by atoms with Gasteiger partial charge >= 0.3 is 0 Å². The molecule has 0 aromatic rings. The SMILES string of the molecule is C=CCC(C)(C)/C(C)=C\CO. The molecule has 0 aliphatic heterocycles. The van der Waals surface area contributed by atoms with Crippen LogP contribution in [0.4, 0.5) is 0 Å². The number of allylic oxidation sites excluding steroid dienone is 2. The molecule has 0 heterocycles. The Kier molecular flexibility index (Phi) is 4.12. The van der Waals surface area contributed by atoms with E-state index in [1.165, 1.54) is 5.57 Å². The Bertz CT molecular complexity index is 154. The number of rotatable bonds is 4. The van der Waals surface area contributed by atoms with E-state index >= 15 is 0 Å². The van der Waals surface area contributed by atoms with Gasteiger partial charge in [0, 0.05) is 0 Å². The highest BCUT2D eigenvalue weighted by molar-refractivity contribution is 5.10. The van der Waals surface area contributed by atoms with Crippen LogP contribution in [0.3, 0.4) is 0 Å². The fourth-order valence-corrected chi connectivity index (χ4v) is 0.935. The summed E-state index contributed by atoms with van der Waals surface area (Å²) < 4.78 is 0. The first-order valence-electron chi connectivity index (χ1n) is 3.93. The van der Waals surface area contributed by atoms with Crippen molar-refractivity contribution in [3.8, 4) is 0 Å². The Morgan fingerprint density at radius 2 is 2.09 bits per heavy atom. The normalized spacial score (nSPS) is 13.3. The van der Waals surface area contributed by atoms with E-state index in [0.29, 0.717) is 0 Å². The van der Waals surface area contributed by atoms with Crippen LogP contribution in [0, 0.1) is 5.41 Å². The van der Waals surface area contributed by atoms with Gasteiger partial charge in [0.15, 0.2) is 0 Å². The smallest absolute Gasteiger partial charge is 0.0615 e. The molecule has 1 nitrogen and oxygen atoms in total. The minimum absolute atomic E-state index is 0.131. The fraction of sp³-hybridized carbons (Fsp3) is 0.600. The molecule has 1 heteroatoms. The Morgan fingerprint density at radius 3 is 2.45 bits per heavy atom. The van der Waals surface area contributed by atoms with Crippen molar-refractivity contribution in [2.45, 2.75) is 27.2 Å². The third-order valence-corrected chi connectivity index (χ3v) is 2.12. The van der Waals surface area contributed by atoms with Crippen molar-refractivity contribution < 1.29 is 5.11 Å². The molecule has 0 bridgehead atoms. The van der Waals surface area contributed by atoms with Gasteiger partial charge in [-0.3, -0.25) is 0 Å². The number of hydrogen-bond acceptors (Lipinski definition) is 1. The van der Waals surface area contributed by atoms with E-state index in [1.54, 1.807) is 0 Å². The summed E-state index contributed by atoms with van der Waals surface area (Å²) in [5.41, 5.74) is 1.37. The molecule has 0 aliphatic carbocycles. The lowest BCUT2D eigenvalue weighted by Gasteiger charge is -2.23. The molecule has 0 unspecified atom stereocenters. The first-order valence-corrected chi connectivity index (χ1v) is 3.93. The third kappa shape index (κ3) is 3.38. The van der Waals surface area contributed by atoms with Crippen LogP contribution < -0.4 is 0 Å². The summed E-state index contributed by atoms with van der Waals surface area (Å²) in [5.74, 6) is 0. The summed E-state index contributed by atoms with van der Waals surface area (Å²) in [4.78, 5) is 0. The van der Waals surface area contributed by atoms with Gasteiger partial charge in [-0.15, -0.1) is 6.58 Å². The zero-order valence-corrected chi connectivity index (χ0v) is 7.72. The van der Waals surface area contributed by atoms with Crippen LogP contribution in [0.15, 0.2) is 24.3 Å². The van der Waals surface area contributed by atoms with E-state index in [-0.39, 0.29) is 12.0 Å². The molecule has 0 atom stereocenters. The lowest BCUT2D eigenvalue weighted by atomic mass is 9.82. The Hall–Kier alpha value is -0.560. The van der Waals surface area contributed by atoms with Gasteiger partial charge in [-0.2, -0.15) is 0 Å². The summed E-state index contributed by atoms with van der Waals surface area (Å²) in [7, 11) is 0. The first-order chi connectivity index (χ1) is 5.04. The zero-order valence-electron chi connectivity index (χ0n) is 7.72. The van der Waals surface area contributed by atoms with Crippen molar-refractivity contribution in [2.75, 3.05) is 6.61 Å². The van der Waals surface area contributed by atoms with E-state index in [2.05, 4.69) is 20.4 Å². The van der Waals surface area contributed by atoms with Gasteiger partial charge in [0.2, 0.25) is 0 Å². The van der Waals surface area contributed by atoms with Crippen LogP contribution >= 0.6 is 0 Å². The van der Waals surface area contributed by atoms with Gasteiger partial charge in [-0.05, 0) is 18.8 Å². The van der Waals surface area contributed by atoms with Crippen molar-refractivity contribution >= 4 is 0 Å². The summed E-state index contributed by atoms with van der Waals surface area (Å²) in [6, 6.07) is 0. The number of hydrogen-bond donors (Lipinski definition) is 1. The molecule has 0 aliphatic rings. The molecule has 0 aromatic carbocycles. The van der Waals surface area contributed by atoms with Gasteiger partial charge < -0.3 is 5.11 Å². The molecule has 0 fully saturated rings. The molecular weight excluding hydrogens is 136 g/mol. The van der Waals surface area contributed by atoms with Crippen LogP contribution in [0.1, 0.15) is 27.2 Å². The van der Waals surface area contributed by atoms with Crippen molar-refractivity contribution in [1.82, 2.24) is 0 Å². The summed E-state index contributed by atoms with van der Waals surface area (Å²) in [6.07, 6.45) is 4.72. The molecule has 0 aromatic heterocycles. The van der Waals surface area contributed by atoms with E-state index in [9.17, 15) is 0 Å². The first kappa shape index (κ1) is 10.4. The Balaban J connectivity index is 4.27. The van der Waals surface area contributed by atoms with Crippen LogP contribution in [0.2, 0.25) is 0 Å². The van der Waals surface area contributed by atoms with Crippen LogP contribution in [0.25, 0.3) is 0 Å². The largest absolute Gasteiger partial charge is 0.392 e. The maximum Gasteiger partial charge on any atom is 0.0615 e. The second kappa shape index (κ2) is 4.35. The predicted molar refractivity (Wildman–Crippen MR) is 49.4 cm³/mol.